The monoisotopic (exact) mass is 327 g/mol. The average Bonchev–Trinajstić information content (AvgIpc) is 2.55. The van der Waals surface area contributed by atoms with Gasteiger partial charge < -0.3 is 9.32 Å². The summed E-state index contributed by atoms with van der Waals surface area (Å²) in [5.41, 5.74) is 0.590. The normalized spacial score (nSPS) is 10.7. The Bertz CT molecular complexity index is 918. The second kappa shape index (κ2) is 6.26. The van der Waals surface area contributed by atoms with Gasteiger partial charge in [-0.25, -0.2) is 4.79 Å². The van der Waals surface area contributed by atoms with Gasteiger partial charge in [-0.1, -0.05) is 54.1 Å². The smallest absolute Gasteiger partial charge is 0.349 e. The molecular formula is C18H14ClNO3. The molecule has 116 valence electrons. The van der Waals surface area contributed by atoms with Crippen LogP contribution in [0.3, 0.4) is 0 Å². The lowest BCUT2D eigenvalue weighted by Crippen LogP contribution is -2.30. The first-order valence-corrected chi connectivity index (χ1v) is 7.46. The zero-order chi connectivity index (χ0) is 16.4. The molecule has 0 bridgehead atoms. The summed E-state index contributed by atoms with van der Waals surface area (Å²) in [6.45, 7) is 0.409. The largest absolute Gasteiger partial charge is 0.421 e. The molecule has 1 aromatic heterocycles. The Balaban J connectivity index is 1.94. The van der Waals surface area contributed by atoms with Crippen molar-refractivity contribution in [1.29, 1.82) is 0 Å². The lowest BCUT2D eigenvalue weighted by Gasteiger charge is -2.16. The van der Waals surface area contributed by atoms with E-state index < -0.39 is 5.63 Å². The Morgan fingerprint density at radius 3 is 2.61 bits per heavy atom. The number of hydrogen-bond acceptors (Lipinski definition) is 3. The average molecular weight is 328 g/mol. The quantitative estimate of drug-likeness (QED) is 0.689. The molecule has 0 aliphatic heterocycles. The van der Waals surface area contributed by atoms with Crippen LogP contribution in [0, 0.1) is 0 Å². The van der Waals surface area contributed by atoms with Crippen LogP contribution < -0.4 is 5.63 Å². The number of rotatable bonds is 3. The van der Waals surface area contributed by atoms with E-state index in [1.807, 2.05) is 30.3 Å². The van der Waals surface area contributed by atoms with E-state index in [9.17, 15) is 9.59 Å². The summed E-state index contributed by atoms with van der Waals surface area (Å²) in [6.07, 6.45) is 0. The van der Waals surface area contributed by atoms with E-state index in [2.05, 4.69) is 0 Å². The molecule has 0 spiro atoms. The van der Waals surface area contributed by atoms with Crippen LogP contribution in [0.4, 0.5) is 0 Å². The Morgan fingerprint density at radius 2 is 1.87 bits per heavy atom. The standard InChI is InChI=1S/C18H14ClNO3/c1-20(11-12-6-3-2-4-7-12)17(21)14-10-13-8-5-9-15(19)16(13)23-18(14)22/h2-10H,11H2,1H3. The van der Waals surface area contributed by atoms with Crippen LogP contribution in [0.2, 0.25) is 5.02 Å². The van der Waals surface area contributed by atoms with Crippen LogP contribution >= 0.6 is 11.6 Å². The molecule has 0 atom stereocenters. The van der Waals surface area contributed by atoms with Gasteiger partial charge in [0, 0.05) is 19.0 Å². The Hall–Kier alpha value is -2.59. The number of hydrogen-bond donors (Lipinski definition) is 0. The Morgan fingerprint density at radius 1 is 1.13 bits per heavy atom. The molecule has 4 nitrogen and oxygen atoms in total. The van der Waals surface area contributed by atoms with Gasteiger partial charge in [0.1, 0.15) is 5.56 Å². The molecule has 0 radical (unpaired) electrons. The second-order valence-corrected chi connectivity index (χ2v) is 5.66. The predicted octanol–water partition coefficient (Wildman–Crippen LogP) is 3.72. The molecule has 3 aromatic rings. The Labute approximate surface area is 137 Å². The van der Waals surface area contributed by atoms with Crippen LogP contribution in [0.1, 0.15) is 15.9 Å². The van der Waals surface area contributed by atoms with Crippen molar-refractivity contribution < 1.29 is 9.21 Å². The van der Waals surface area contributed by atoms with Crippen LogP contribution in [-0.2, 0) is 6.54 Å². The topological polar surface area (TPSA) is 50.5 Å². The number of amides is 1. The third kappa shape index (κ3) is 3.12. The molecule has 0 aliphatic carbocycles. The van der Waals surface area contributed by atoms with Crippen molar-refractivity contribution >= 4 is 28.5 Å². The SMILES string of the molecule is CN(Cc1ccccc1)C(=O)c1cc2cccc(Cl)c2oc1=O. The maximum Gasteiger partial charge on any atom is 0.349 e. The van der Waals surface area contributed by atoms with Gasteiger partial charge in [0.15, 0.2) is 5.58 Å². The first-order valence-electron chi connectivity index (χ1n) is 7.08. The fraction of sp³-hybridized carbons (Fsp3) is 0.111. The van der Waals surface area contributed by atoms with Gasteiger partial charge in [-0.15, -0.1) is 0 Å². The zero-order valence-electron chi connectivity index (χ0n) is 12.5. The van der Waals surface area contributed by atoms with Crippen LogP contribution in [0.25, 0.3) is 11.0 Å². The van der Waals surface area contributed by atoms with E-state index in [1.54, 1.807) is 25.2 Å². The van der Waals surface area contributed by atoms with Gasteiger partial charge in [0.25, 0.3) is 5.91 Å². The highest BCUT2D eigenvalue weighted by Crippen LogP contribution is 2.22. The summed E-state index contributed by atoms with van der Waals surface area (Å²) in [6, 6.07) is 16.2. The maximum atomic E-state index is 12.5. The maximum absolute atomic E-state index is 12.5. The van der Waals surface area contributed by atoms with Gasteiger partial charge in [0.05, 0.1) is 5.02 Å². The van der Waals surface area contributed by atoms with E-state index in [0.29, 0.717) is 22.5 Å². The molecule has 1 amide bonds. The van der Waals surface area contributed by atoms with E-state index >= 15 is 0 Å². The third-order valence-corrected chi connectivity index (χ3v) is 3.85. The van der Waals surface area contributed by atoms with Crippen molar-refractivity contribution in [2.45, 2.75) is 6.54 Å². The van der Waals surface area contributed by atoms with Crippen molar-refractivity contribution in [2.75, 3.05) is 7.05 Å². The number of nitrogens with zero attached hydrogens (tertiary/aromatic N) is 1. The summed E-state index contributed by atoms with van der Waals surface area (Å²) < 4.78 is 5.21. The molecule has 1 heterocycles. The molecule has 2 aromatic carbocycles. The minimum absolute atomic E-state index is 0.00167. The summed E-state index contributed by atoms with van der Waals surface area (Å²) in [4.78, 5) is 26.1. The minimum Gasteiger partial charge on any atom is -0.421 e. The predicted molar refractivity (Wildman–Crippen MR) is 89.7 cm³/mol. The number of fused-ring (bicyclic) bond motifs is 1. The van der Waals surface area contributed by atoms with E-state index in [-0.39, 0.29) is 11.5 Å². The van der Waals surface area contributed by atoms with Gasteiger partial charge >= 0.3 is 5.63 Å². The molecule has 0 unspecified atom stereocenters. The second-order valence-electron chi connectivity index (χ2n) is 5.25. The highest BCUT2D eigenvalue weighted by Gasteiger charge is 2.18. The lowest BCUT2D eigenvalue weighted by atomic mass is 10.1. The highest BCUT2D eigenvalue weighted by atomic mass is 35.5. The summed E-state index contributed by atoms with van der Waals surface area (Å²) in [5.74, 6) is -0.385. The summed E-state index contributed by atoms with van der Waals surface area (Å²) >= 11 is 6.00. The lowest BCUT2D eigenvalue weighted by molar-refractivity contribution is 0.0781. The van der Waals surface area contributed by atoms with Gasteiger partial charge in [-0.05, 0) is 17.7 Å². The highest BCUT2D eigenvalue weighted by molar-refractivity contribution is 6.34. The van der Waals surface area contributed by atoms with Gasteiger partial charge in [-0.2, -0.15) is 0 Å². The zero-order valence-corrected chi connectivity index (χ0v) is 13.2. The van der Waals surface area contributed by atoms with Gasteiger partial charge in [0.2, 0.25) is 0 Å². The third-order valence-electron chi connectivity index (χ3n) is 3.55. The molecule has 0 saturated carbocycles. The molecule has 23 heavy (non-hydrogen) atoms. The molecular weight excluding hydrogens is 314 g/mol. The van der Waals surface area contributed by atoms with Gasteiger partial charge in [-0.3, -0.25) is 4.79 Å². The van der Waals surface area contributed by atoms with E-state index in [1.165, 1.54) is 11.0 Å². The summed E-state index contributed by atoms with van der Waals surface area (Å²) in [5, 5.41) is 0.963. The van der Waals surface area contributed by atoms with Crippen molar-refractivity contribution in [3.8, 4) is 0 Å². The van der Waals surface area contributed by atoms with Crippen molar-refractivity contribution in [3.05, 3.63) is 81.2 Å². The number of benzene rings is 2. The minimum atomic E-state index is -0.685. The van der Waals surface area contributed by atoms with E-state index in [4.69, 9.17) is 16.0 Å². The first kappa shape index (κ1) is 15.3. The van der Waals surface area contributed by atoms with Crippen molar-refractivity contribution in [1.82, 2.24) is 4.90 Å². The molecule has 0 aliphatic rings. The molecule has 3 rings (SSSR count). The van der Waals surface area contributed by atoms with Crippen LogP contribution in [0.5, 0.6) is 0 Å². The molecule has 0 saturated heterocycles. The fourth-order valence-corrected chi connectivity index (χ4v) is 2.61. The number of halogens is 1. The first-order chi connectivity index (χ1) is 11.1. The number of para-hydroxylation sites is 1. The molecule has 5 heteroatoms. The molecule has 0 N–H and O–H groups in total. The number of carbonyl (C=O) groups excluding carboxylic acids is 1. The van der Waals surface area contributed by atoms with Crippen molar-refractivity contribution in [3.63, 3.8) is 0 Å². The van der Waals surface area contributed by atoms with Crippen LogP contribution in [-0.4, -0.2) is 17.9 Å². The fourth-order valence-electron chi connectivity index (χ4n) is 2.39. The van der Waals surface area contributed by atoms with Crippen molar-refractivity contribution in [2.24, 2.45) is 0 Å². The summed E-state index contributed by atoms with van der Waals surface area (Å²) in [7, 11) is 1.65. The van der Waals surface area contributed by atoms with E-state index in [0.717, 1.165) is 5.56 Å². The Kier molecular flexibility index (Phi) is 4.17. The molecule has 0 fully saturated rings. The number of carbonyl (C=O) groups is 1. The van der Waals surface area contributed by atoms with Crippen LogP contribution in [0.15, 0.2) is 63.8 Å².